The normalized spacial score (nSPS) is 15.2. The van der Waals surface area contributed by atoms with Crippen molar-refractivity contribution in [2.24, 2.45) is 0 Å². The van der Waals surface area contributed by atoms with Gasteiger partial charge in [0.2, 0.25) is 0 Å². The summed E-state index contributed by atoms with van der Waals surface area (Å²) in [6.45, 7) is 6.18. The molecule has 1 saturated heterocycles. The van der Waals surface area contributed by atoms with Gasteiger partial charge in [-0.1, -0.05) is 30.3 Å². The van der Waals surface area contributed by atoms with Crippen LogP contribution in [0.4, 0.5) is 0 Å². The first-order valence-electron chi connectivity index (χ1n) is 8.61. The van der Waals surface area contributed by atoms with Gasteiger partial charge in [-0.25, -0.2) is 0 Å². The van der Waals surface area contributed by atoms with Gasteiger partial charge in [0.25, 0.3) is 0 Å². The molecular formula is C20H26N2O2. The Kier molecular flexibility index (Phi) is 6.10. The van der Waals surface area contributed by atoms with Crippen LogP contribution in [0.25, 0.3) is 0 Å². The third-order valence-electron chi connectivity index (χ3n) is 4.34. The van der Waals surface area contributed by atoms with Crippen LogP contribution < -0.4 is 14.8 Å². The zero-order valence-corrected chi connectivity index (χ0v) is 14.3. The van der Waals surface area contributed by atoms with Crippen LogP contribution in [0, 0.1) is 0 Å². The van der Waals surface area contributed by atoms with E-state index >= 15 is 0 Å². The Morgan fingerprint density at radius 1 is 0.958 bits per heavy atom. The molecule has 1 heterocycles. The highest BCUT2D eigenvalue weighted by molar-refractivity contribution is 5.33. The number of nitrogens with zero attached hydrogens (tertiary/aromatic N) is 1. The molecule has 0 spiro atoms. The lowest BCUT2D eigenvalue weighted by Crippen LogP contribution is -2.42. The molecule has 1 fully saturated rings. The Balaban J connectivity index is 1.45. The molecule has 0 atom stereocenters. The third-order valence-corrected chi connectivity index (χ3v) is 4.34. The zero-order valence-electron chi connectivity index (χ0n) is 14.3. The van der Waals surface area contributed by atoms with Gasteiger partial charge in [-0.15, -0.1) is 0 Å². The molecule has 0 radical (unpaired) electrons. The molecule has 4 heteroatoms. The molecule has 0 saturated carbocycles. The van der Waals surface area contributed by atoms with Gasteiger partial charge < -0.3 is 14.8 Å². The summed E-state index contributed by atoms with van der Waals surface area (Å²) in [6, 6.07) is 16.6. The Bertz CT molecular complexity index is 622. The fourth-order valence-corrected chi connectivity index (χ4v) is 2.92. The summed E-state index contributed by atoms with van der Waals surface area (Å²) in [5, 5.41) is 3.39. The van der Waals surface area contributed by atoms with Crippen molar-refractivity contribution in [2.75, 3.05) is 39.9 Å². The van der Waals surface area contributed by atoms with Crippen molar-refractivity contribution in [1.29, 1.82) is 0 Å². The quantitative estimate of drug-likeness (QED) is 0.848. The van der Waals surface area contributed by atoms with E-state index < -0.39 is 0 Å². The highest BCUT2D eigenvalue weighted by Crippen LogP contribution is 2.19. The lowest BCUT2D eigenvalue weighted by atomic mass is 10.1. The number of piperazine rings is 1. The highest BCUT2D eigenvalue weighted by atomic mass is 16.5. The molecule has 2 aromatic rings. The van der Waals surface area contributed by atoms with Gasteiger partial charge in [0.05, 0.1) is 13.7 Å². The number of hydrogen-bond donors (Lipinski definition) is 1. The van der Waals surface area contributed by atoms with E-state index in [1.54, 1.807) is 7.11 Å². The summed E-state index contributed by atoms with van der Waals surface area (Å²) in [5.41, 5.74) is 2.69. The predicted molar refractivity (Wildman–Crippen MR) is 96.8 cm³/mol. The lowest BCUT2D eigenvalue weighted by molar-refractivity contribution is 0.233. The van der Waals surface area contributed by atoms with E-state index in [1.165, 1.54) is 11.1 Å². The van der Waals surface area contributed by atoms with Crippen molar-refractivity contribution < 1.29 is 9.47 Å². The molecule has 1 aliphatic rings. The second-order valence-electron chi connectivity index (χ2n) is 6.12. The molecule has 0 bridgehead atoms. The van der Waals surface area contributed by atoms with Crippen LogP contribution in [0.5, 0.6) is 11.5 Å². The maximum absolute atomic E-state index is 5.81. The van der Waals surface area contributed by atoms with Crippen LogP contribution in [0.3, 0.4) is 0 Å². The molecule has 0 unspecified atom stereocenters. The Morgan fingerprint density at radius 3 is 2.42 bits per heavy atom. The van der Waals surface area contributed by atoms with E-state index in [0.717, 1.165) is 50.6 Å². The summed E-state index contributed by atoms with van der Waals surface area (Å²) in [7, 11) is 1.67. The number of hydrogen-bond acceptors (Lipinski definition) is 4. The Hall–Kier alpha value is -2.04. The molecule has 3 rings (SSSR count). The average molecular weight is 326 g/mol. The lowest BCUT2D eigenvalue weighted by Gasteiger charge is -2.27. The van der Waals surface area contributed by atoms with Crippen LogP contribution in [0.2, 0.25) is 0 Å². The van der Waals surface area contributed by atoms with Crippen LogP contribution in [0.15, 0.2) is 48.5 Å². The summed E-state index contributed by atoms with van der Waals surface area (Å²) in [5.74, 6) is 1.68. The van der Waals surface area contributed by atoms with Crippen LogP contribution >= 0.6 is 0 Å². The van der Waals surface area contributed by atoms with Crippen LogP contribution in [-0.2, 0) is 13.0 Å². The molecular weight excluding hydrogens is 300 g/mol. The van der Waals surface area contributed by atoms with Crippen molar-refractivity contribution in [3.05, 3.63) is 59.7 Å². The Labute approximate surface area is 144 Å². The molecule has 4 nitrogen and oxygen atoms in total. The zero-order chi connectivity index (χ0) is 16.6. The number of rotatable bonds is 7. The van der Waals surface area contributed by atoms with Crippen molar-refractivity contribution in [1.82, 2.24) is 10.2 Å². The van der Waals surface area contributed by atoms with Gasteiger partial charge in [0, 0.05) is 45.2 Å². The summed E-state index contributed by atoms with van der Waals surface area (Å²) in [4.78, 5) is 2.50. The first kappa shape index (κ1) is 16.8. The van der Waals surface area contributed by atoms with Crippen molar-refractivity contribution in [2.45, 2.75) is 13.0 Å². The van der Waals surface area contributed by atoms with E-state index in [2.05, 4.69) is 34.5 Å². The molecule has 1 N–H and O–H groups in total. The molecule has 0 aliphatic carbocycles. The summed E-state index contributed by atoms with van der Waals surface area (Å²) >= 11 is 0. The summed E-state index contributed by atoms with van der Waals surface area (Å²) in [6.07, 6.45) is 0.908. The van der Waals surface area contributed by atoms with E-state index in [-0.39, 0.29) is 0 Å². The number of methoxy groups -OCH3 is 1. The number of benzene rings is 2. The fourth-order valence-electron chi connectivity index (χ4n) is 2.92. The van der Waals surface area contributed by atoms with E-state index in [1.807, 2.05) is 24.3 Å². The standard InChI is InChI=1S/C20H26N2O2/c1-23-19-3-2-4-20(15-19)24-14-9-17-5-7-18(8-6-17)16-22-12-10-21-11-13-22/h2-8,15,21H,9-14,16H2,1H3. The third kappa shape index (κ3) is 4.98. The van der Waals surface area contributed by atoms with Gasteiger partial charge >= 0.3 is 0 Å². The summed E-state index contributed by atoms with van der Waals surface area (Å²) < 4.78 is 11.0. The van der Waals surface area contributed by atoms with Gasteiger partial charge in [-0.2, -0.15) is 0 Å². The second-order valence-corrected chi connectivity index (χ2v) is 6.12. The first-order valence-corrected chi connectivity index (χ1v) is 8.61. The van der Waals surface area contributed by atoms with E-state index in [9.17, 15) is 0 Å². The average Bonchev–Trinajstić information content (AvgIpc) is 2.64. The minimum absolute atomic E-state index is 0.671. The molecule has 0 amide bonds. The number of ether oxygens (including phenoxy) is 2. The van der Waals surface area contributed by atoms with Gasteiger partial charge in [-0.3, -0.25) is 4.90 Å². The molecule has 24 heavy (non-hydrogen) atoms. The van der Waals surface area contributed by atoms with E-state index in [4.69, 9.17) is 9.47 Å². The van der Waals surface area contributed by atoms with Gasteiger partial charge in [0.1, 0.15) is 11.5 Å². The SMILES string of the molecule is COc1cccc(OCCc2ccc(CN3CCNCC3)cc2)c1. The van der Waals surface area contributed by atoms with Crippen molar-refractivity contribution in [3.8, 4) is 11.5 Å². The van der Waals surface area contributed by atoms with Crippen molar-refractivity contribution in [3.63, 3.8) is 0 Å². The Morgan fingerprint density at radius 2 is 1.67 bits per heavy atom. The minimum Gasteiger partial charge on any atom is -0.497 e. The van der Waals surface area contributed by atoms with Crippen LogP contribution in [-0.4, -0.2) is 44.8 Å². The minimum atomic E-state index is 0.671. The monoisotopic (exact) mass is 326 g/mol. The maximum atomic E-state index is 5.81. The van der Waals surface area contributed by atoms with Crippen molar-refractivity contribution >= 4 is 0 Å². The predicted octanol–water partition coefficient (Wildman–Crippen LogP) is 2.72. The molecule has 2 aromatic carbocycles. The van der Waals surface area contributed by atoms with Crippen LogP contribution in [0.1, 0.15) is 11.1 Å². The van der Waals surface area contributed by atoms with Gasteiger partial charge in [0.15, 0.2) is 0 Å². The molecule has 0 aromatic heterocycles. The molecule has 1 aliphatic heterocycles. The smallest absolute Gasteiger partial charge is 0.122 e. The maximum Gasteiger partial charge on any atom is 0.122 e. The van der Waals surface area contributed by atoms with E-state index in [0.29, 0.717) is 6.61 Å². The number of nitrogens with one attached hydrogen (secondary N) is 1. The van der Waals surface area contributed by atoms with Gasteiger partial charge in [-0.05, 0) is 23.3 Å². The molecule has 128 valence electrons. The largest absolute Gasteiger partial charge is 0.497 e. The second kappa shape index (κ2) is 8.71. The highest BCUT2D eigenvalue weighted by Gasteiger charge is 2.09. The fraction of sp³-hybridized carbons (Fsp3) is 0.400. The topological polar surface area (TPSA) is 33.7 Å². The first-order chi connectivity index (χ1) is 11.8.